The first-order chi connectivity index (χ1) is 7.63. The highest BCUT2D eigenvalue weighted by atomic mass is 35.5. The van der Waals surface area contributed by atoms with Gasteiger partial charge in [-0.05, 0) is 18.1 Å². The molecule has 1 N–H and O–H groups in total. The largest absolute Gasteiger partial charge is 0.354 e. The molecule has 2 nitrogen and oxygen atoms in total. The molecule has 88 valence electrons. The van der Waals surface area contributed by atoms with Crippen molar-refractivity contribution in [3.05, 3.63) is 35.6 Å². The van der Waals surface area contributed by atoms with E-state index in [-0.39, 0.29) is 23.5 Å². The van der Waals surface area contributed by atoms with Gasteiger partial charge in [-0.15, -0.1) is 11.6 Å². The number of hydrogen-bond acceptors (Lipinski definition) is 1. The molecule has 4 heteroatoms. The molecule has 0 aliphatic carbocycles. The van der Waals surface area contributed by atoms with Gasteiger partial charge in [0, 0.05) is 6.54 Å². The van der Waals surface area contributed by atoms with E-state index in [1.54, 1.807) is 18.2 Å². The number of carbonyl (C=O) groups excluding carboxylic acids is 1. The Bertz CT molecular complexity index is 357. The summed E-state index contributed by atoms with van der Waals surface area (Å²) < 4.78 is 13.2. The number of carbonyl (C=O) groups is 1. The highest BCUT2D eigenvalue weighted by molar-refractivity contribution is 6.20. The van der Waals surface area contributed by atoms with E-state index >= 15 is 0 Å². The van der Waals surface area contributed by atoms with Gasteiger partial charge in [-0.1, -0.05) is 25.1 Å². The summed E-state index contributed by atoms with van der Waals surface area (Å²) in [5.41, 5.74) is 0.405. The number of nitrogens with one attached hydrogen (secondary N) is 1. The molecule has 0 aromatic heterocycles. The summed E-state index contributed by atoms with van der Waals surface area (Å²) in [7, 11) is 0. The first-order valence-corrected chi connectivity index (χ1v) is 5.71. The lowest BCUT2D eigenvalue weighted by Gasteiger charge is -2.08. The van der Waals surface area contributed by atoms with Crippen molar-refractivity contribution in [3.63, 3.8) is 0 Å². The zero-order valence-electron chi connectivity index (χ0n) is 9.17. The highest BCUT2D eigenvalue weighted by Gasteiger charge is 2.08. The molecule has 0 spiro atoms. The molecule has 1 atom stereocenters. The van der Waals surface area contributed by atoms with E-state index in [1.807, 2.05) is 6.92 Å². The summed E-state index contributed by atoms with van der Waals surface area (Å²) in [6.45, 7) is 2.37. The lowest BCUT2D eigenvalue weighted by atomic mass is 10.1. The highest BCUT2D eigenvalue weighted by Crippen LogP contribution is 2.07. The standard InChI is InChI=1S/C12H15ClFNO/c1-2-10(13)8-15-12(16)7-9-5-3-4-6-11(9)14/h3-6,10H,2,7-8H2,1H3,(H,15,16). The summed E-state index contributed by atoms with van der Waals surface area (Å²) in [4.78, 5) is 11.4. The third-order valence-electron chi connectivity index (χ3n) is 2.27. The van der Waals surface area contributed by atoms with Crippen LogP contribution in [0.1, 0.15) is 18.9 Å². The molecule has 0 aliphatic heterocycles. The first kappa shape index (κ1) is 13.0. The SMILES string of the molecule is CCC(Cl)CNC(=O)Cc1ccccc1F. The van der Waals surface area contributed by atoms with E-state index < -0.39 is 0 Å². The maximum Gasteiger partial charge on any atom is 0.224 e. The van der Waals surface area contributed by atoms with E-state index in [0.29, 0.717) is 12.1 Å². The molecule has 1 aromatic carbocycles. The monoisotopic (exact) mass is 243 g/mol. The maximum atomic E-state index is 13.2. The van der Waals surface area contributed by atoms with Crippen molar-refractivity contribution in [1.82, 2.24) is 5.32 Å². The molecule has 0 heterocycles. The number of alkyl halides is 1. The normalized spacial score (nSPS) is 12.2. The minimum Gasteiger partial charge on any atom is -0.354 e. The van der Waals surface area contributed by atoms with Gasteiger partial charge in [-0.25, -0.2) is 4.39 Å². The molecular weight excluding hydrogens is 229 g/mol. The molecular formula is C12H15ClFNO. The van der Waals surface area contributed by atoms with Crippen molar-refractivity contribution < 1.29 is 9.18 Å². The minimum atomic E-state index is -0.351. The minimum absolute atomic E-state index is 0.0556. The van der Waals surface area contributed by atoms with Crippen molar-refractivity contribution in [3.8, 4) is 0 Å². The molecule has 16 heavy (non-hydrogen) atoms. The quantitative estimate of drug-likeness (QED) is 0.791. The second-order valence-corrected chi connectivity index (χ2v) is 4.20. The van der Waals surface area contributed by atoms with E-state index in [1.165, 1.54) is 6.07 Å². The molecule has 0 fully saturated rings. The fourth-order valence-electron chi connectivity index (χ4n) is 1.25. The predicted octanol–water partition coefficient (Wildman–Crippen LogP) is 2.50. The van der Waals surface area contributed by atoms with Crippen LogP contribution in [-0.2, 0) is 11.2 Å². The van der Waals surface area contributed by atoms with Gasteiger partial charge in [-0.3, -0.25) is 4.79 Å². The Morgan fingerprint density at radius 3 is 2.81 bits per heavy atom. The van der Waals surface area contributed by atoms with Crippen molar-refractivity contribution in [2.24, 2.45) is 0 Å². The predicted molar refractivity (Wildman–Crippen MR) is 63.0 cm³/mol. The topological polar surface area (TPSA) is 29.1 Å². The molecule has 0 bridgehead atoms. The third kappa shape index (κ3) is 4.19. The molecule has 1 unspecified atom stereocenters. The molecule has 1 amide bonds. The van der Waals surface area contributed by atoms with Gasteiger partial charge < -0.3 is 5.32 Å². The van der Waals surface area contributed by atoms with Crippen LogP contribution in [0.25, 0.3) is 0 Å². The van der Waals surface area contributed by atoms with Crippen LogP contribution in [0.4, 0.5) is 4.39 Å². The Balaban J connectivity index is 2.43. The summed E-state index contributed by atoms with van der Waals surface area (Å²) >= 11 is 5.85. The fourth-order valence-corrected chi connectivity index (χ4v) is 1.32. The van der Waals surface area contributed by atoms with Crippen molar-refractivity contribution in [2.45, 2.75) is 25.1 Å². The van der Waals surface area contributed by atoms with Crippen LogP contribution in [0, 0.1) is 5.82 Å². The summed E-state index contributed by atoms with van der Waals surface area (Å²) in [6, 6.07) is 6.26. The lowest BCUT2D eigenvalue weighted by Crippen LogP contribution is -2.30. The van der Waals surface area contributed by atoms with Gasteiger partial charge in [0.25, 0.3) is 0 Å². The molecule has 0 saturated carbocycles. The van der Waals surface area contributed by atoms with Gasteiger partial charge in [0.1, 0.15) is 5.82 Å². The van der Waals surface area contributed by atoms with Crippen molar-refractivity contribution >= 4 is 17.5 Å². The van der Waals surface area contributed by atoms with E-state index in [4.69, 9.17) is 11.6 Å². The summed E-state index contributed by atoms with van der Waals surface area (Å²) in [5.74, 6) is -0.556. The number of amides is 1. The Kier molecular flexibility index (Phi) is 5.26. The zero-order valence-corrected chi connectivity index (χ0v) is 9.93. The van der Waals surface area contributed by atoms with Crippen LogP contribution in [-0.4, -0.2) is 17.8 Å². The van der Waals surface area contributed by atoms with E-state index in [9.17, 15) is 9.18 Å². The Morgan fingerprint density at radius 1 is 1.50 bits per heavy atom. The van der Waals surface area contributed by atoms with Gasteiger partial charge in [0.05, 0.1) is 11.8 Å². The molecule has 1 aromatic rings. The Labute approximate surface area is 99.8 Å². The summed E-state index contributed by atoms with van der Waals surface area (Å²) in [6.07, 6.45) is 0.849. The van der Waals surface area contributed by atoms with Crippen LogP contribution >= 0.6 is 11.6 Å². The number of hydrogen-bond donors (Lipinski definition) is 1. The molecule has 0 aliphatic rings. The summed E-state index contributed by atoms with van der Waals surface area (Å²) in [5, 5.41) is 2.61. The van der Waals surface area contributed by atoms with Crippen LogP contribution < -0.4 is 5.32 Å². The fraction of sp³-hybridized carbons (Fsp3) is 0.417. The Hall–Kier alpha value is -1.09. The van der Waals surface area contributed by atoms with Gasteiger partial charge in [-0.2, -0.15) is 0 Å². The van der Waals surface area contributed by atoms with Crippen molar-refractivity contribution in [2.75, 3.05) is 6.54 Å². The van der Waals surface area contributed by atoms with E-state index in [0.717, 1.165) is 6.42 Å². The Morgan fingerprint density at radius 2 is 2.19 bits per heavy atom. The van der Waals surface area contributed by atoms with Crippen LogP contribution in [0.5, 0.6) is 0 Å². The van der Waals surface area contributed by atoms with Gasteiger partial charge >= 0.3 is 0 Å². The lowest BCUT2D eigenvalue weighted by molar-refractivity contribution is -0.120. The molecule has 1 rings (SSSR count). The maximum absolute atomic E-state index is 13.2. The average Bonchev–Trinajstić information content (AvgIpc) is 2.29. The number of rotatable bonds is 5. The van der Waals surface area contributed by atoms with E-state index in [2.05, 4.69) is 5.32 Å². The number of benzene rings is 1. The van der Waals surface area contributed by atoms with Crippen LogP contribution in [0.15, 0.2) is 24.3 Å². The molecule has 0 saturated heterocycles. The number of halogens is 2. The zero-order chi connectivity index (χ0) is 12.0. The third-order valence-corrected chi connectivity index (χ3v) is 2.74. The van der Waals surface area contributed by atoms with Crippen LogP contribution in [0.2, 0.25) is 0 Å². The van der Waals surface area contributed by atoms with Crippen LogP contribution in [0.3, 0.4) is 0 Å². The molecule has 0 radical (unpaired) electrons. The second-order valence-electron chi connectivity index (χ2n) is 3.58. The second kappa shape index (κ2) is 6.48. The van der Waals surface area contributed by atoms with Gasteiger partial charge in [0.15, 0.2) is 0 Å². The smallest absolute Gasteiger partial charge is 0.224 e. The first-order valence-electron chi connectivity index (χ1n) is 5.27. The van der Waals surface area contributed by atoms with Crippen molar-refractivity contribution in [1.29, 1.82) is 0 Å². The van der Waals surface area contributed by atoms with Gasteiger partial charge in [0.2, 0.25) is 5.91 Å². The average molecular weight is 244 g/mol.